The van der Waals surface area contributed by atoms with E-state index in [0.29, 0.717) is 5.54 Å². The minimum atomic E-state index is -1.86. The molecule has 0 amide bonds. The number of hydrogen-bond acceptors (Lipinski definition) is 0. The third-order valence-electron chi connectivity index (χ3n) is 6.13. The van der Waals surface area contributed by atoms with Gasteiger partial charge in [0.2, 0.25) is 0 Å². The molecule has 140 valence electrons. The summed E-state index contributed by atoms with van der Waals surface area (Å²) >= 11 is 7.06. The lowest BCUT2D eigenvalue weighted by atomic mass is 9.91. The first-order chi connectivity index (χ1) is 13.5. The smallest absolute Gasteiger partial charge is 0.161 e. The summed E-state index contributed by atoms with van der Waals surface area (Å²) < 4.78 is 0. The molecule has 2 aliphatic carbocycles. The van der Waals surface area contributed by atoms with Crippen LogP contribution in [0.1, 0.15) is 29.5 Å². The highest BCUT2D eigenvalue weighted by Crippen LogP contribution is 2.54. The predicted octanol–water partition coefficient (Wildman–Crippen LogP) is 7.89. The van der Waals surface area contributed by atoms with E-state index in [1.807, 2.05) is 0 Å². The zero-order valence-electron chi connectivity index (χ0n) is 16.5. The van der Waals surface area contributed by atoms with Crippen molar-refractivity contribution in [3.63, 3.8) is 0 Å². The monoisotopic (exact) mass is 400 g/mol. The van der Waals surface area contributed by atoms with Crippen LogP contribution in [0, 0.1) is 5.92 Å². The van der Waals surface area contributed by atoms with Crippen molar-refractivity contribution < 1.29 is 0 Å². The van der Waals surface area contributed by atoms with Crippen molar-refractivity contribution in [3.8, 4) is 22.3 Å². The zero-order chi connectivity index (χ0) is 19.3. The van der Waals surface area contributed by atoms with E-state index in [1.165, 1.54) is 46.2 Å². The fraction of sp³-hybridized carbons (Fsp3) is 0.231. The summed E-state index contributed by atoms with van der Waals surface area (Å²) in [5, 5.41) is 0. The van der Waals surface area contributed by atoms with E-state index in [-0.39, 0.29) is 0 Å². The fourth-order valence-electron chi connectivity index (χ4n) is 4.78. The number of hydrogen-bond donors (Lipinski definition) is 0. The SMILES string of the molecule is C[Si](C)(Cl)C1C(C2CC2)=Cc2c(-c3ccccc3-c3ccccc3)cccc21. The van der Waals surface area contributed by atoms with Gasteiger partial charge in [0, 0.05) is 5.54 Å². The molecule has 3 aromatic rings. The molecule has 28 heavy (non-hydrogen) atoms. The maximum absolute atomic E-state index is 7.06. The first kappa shape index (κ1) is 18.0. The van der Waals surface area contributed by atoms with Crippen molar-refractivity contribution in [1.82, 2.24) is 0 Å². The summed E-state index contributed by atoms with van der Waals surface area (Å²) in [5.41, 5.74) is 10.1. The Morgan fingerprint density at radius 1 is 0.750 bits per heavy atom. The molecule has 1 atom stereocenters. The average Bonchev–Trinajstić information content (AvgIpc) is 3.46. The van der Waals surface area contributed by atoms with Crippen molar-refractivity contribution in [2.45, 2.75) is 31.5 Å². The third kappa shape index (κ3) is 3.07. The van der Waals surface area contributed by atoms with Gasteiger partial charge in [-0.1, -0.05) is 97.5 Å². The van der Waals surface area contributed by atoms with Gasteiger partial charge < -0.3 is 0 Å². The molecular formula is C26H25ClSi. The highest BCUT2D eigenvalue weighted by atomic mass is 35.6. The van der Waals surface area contributed by atoms with E-state index >= 15 is 0 Å². The minimum absolute atomic E-state index is 0.445. The molecule has 0 saturated heterocycles. The Balaban J connectivity index is 1.71. The average molecular weight is 401 g/mol. The van der Waals surface area contributed by atoms with Crippen LogP contribution in [0.5, 0.6) is 0 Å². The number of allylic oxidation sites excluding steroid dienone is 1. The van der Waals surface area contributed by atoms with Crippen LogP contribution in [0.15, 0.2) is 78.4 Å². The Hall–Kier alpha value is -2.09. The molecule has 0 nitrogen and oxygen atoms in total. The Labute approximate surface area is 173 Å². The van der Waals surface area contributed by atoms with Gasteiger partial charge in [-0.25, -0.2) is 0 Å². The number of fused-ring (bicyclic) bond motifs is 1. The third-order valence-corrected chi connectivity index (χ3v) is 8.80. The second-order valence-electron chi connectivity index (χ2n) is 8.64. The number of benzene rings is 3. The van der Waals surface area contributed by atoms with E-state index in [4.69, 9.17) is 11.1 Å². The van der Waals surface area contributed by atoms with Crippen LogP contribution in [-0.2, 0) is 0 Å². The van der Waals surface area contributed by atoms with Gasteiger partial charge in [-0.2, -0.15) is 11.1 Å². The van der Waals surface area contributed by atoms with Crippen LogP contribution in [-0.4, -0.2) is 7.38 Å². The maximum Gasteiger partial charge on any atom is 0.161 e. The molecule has 1 saturated carbocycles. The molecule has 0 heterocycles. The van der Waals surface area contributed by atoms with Crippen LogP contribution < -0.4 is 0 Å². The lowest BCUT2D eigenvalue weighted by Gasteiger charge is -2.27. The van der Waals surface area contributed by atoms with E-state index < -0.39 is 7.38 Å². The van der Waals surface area contributed by atoms with Crippen molar-refractivity contribution in [1.29, 1.82) is 0 Å². The Kier molecular flexibility index (Phi) is 4.33. The van der Waals surface area contributed by atoms with Crippen LogP contribution >= 0.6 is 11.1 Å². The normalized spacial score (nSPS) is 18.7. The molecule has 0 N–H and O–H groups in total. The van der Waals surface area contributed by atoms with E-state index in [1.54, 1.807) is 5.57 Å². The van der Waals surface area contributed by atoms with Crippen molar-refractivity contribution in [2.24, 2.45) is 5.92 Å². The molecule has 1 unspecified atom stereocenters. The van der Waals surface area contributed by atoms with E-state index in [9.17, 15) is 0 Å². The molecule has 2 aliphatic rings. The predicted molar refractivity (Wildman–Crippen MR) is 124 cm³/mol. The zero-order valence-corrected chi connectivity index (χ0v) is 18.2. The Bertz CT molecular complexity index is 1060. The summed E-state index contributed by atoms with van der Waals surface area (Å²) in [6.45, 7) is 4.60. The van der Waals surface area contributed by atoms with Gasteiger partial charge in [0.25, 0.3) is 0 Å². The summed E-state index contributed by atoms with van der Waals surface area (Å²) in [6, 6.07) is 26.3. The maximum atomic E-state index is 7.06. The van der Waals surface area contributed by atoms with Crippen molar-refractivity contribution in [3.05, 3.63) is 89.5 Å². The topological polar surface area (TPSA) is 0 Å². The lowest BCUT2D eigenvalue weighted by Crippen LogP contribution is -2.29. The van der Waals surface area contributed by atoms with Crippen LogP contribution in [0.2, 0.25) is 13.1 Å². The van der Waals surface area contributed by atoms with E-state index in [2.05, 4.69) is 92.0 Å². The highest BCUT2D eigenvalue weighted by molar-refractivity contribution is 7.20. The largest absolute Gasteiger partial charge is 0.167 e. The molecule has 0 aliphatic heterocycles. The molecule has 0 aromatic heterocycles. The van der Waals surface area contributed by atoms with Gasteiger partial charge in [0.05, 0.1) is 0 Å². The highest BCUT2D eigenvalue weighted by Gasteiger charge is 2.44. The van der Waals surface area contributed by atoms with Crippen LogP contribution in [0.25, 0.3) is 28.3 Å². The second kappa shape index (κ2) is 6.75. The molecule has 0 radical (unpaired) electrons. The van der Waals surface area contributed by atoms with Crippen molar-refractivity contribution >= 4 is 24.5 Å². The van der Waals surface area contributed by atoms with Gasteiger partial charge in [-0.3, -0.25) is 0 Å². The molecule has 5 rings (SSSR count). The first-order valence-electron chi connectivity index (χ1n) is 10.2. The number of rotatable bonds is 4. The van der Waals surface area contributed by atoms with Gasteiger partial charge in [0.15, 0.2) is 7.38 Å². The molecular weight excluding hydrogens is 376 g/mol. The summed E-state index contributed by atoms with van der Waals surface area (Å²) in [5.74, 6) is 0.750. The lowest BCUT2D eigenvalue weighted by molar-refractivity contribution is 0.922. The van der Waals surface area contributed by atoms with E-state index in [0.717, 1.165) is 5.92 Å². The first-order valence-corrected chi connectivity index (χ1v) is 14.3. The summed E-state index contributed by atoms with van der Waals surface area (Å²) in [6.07, 6.45) is 5.15. The molecule has 1 fully saturated rings. The van der Waals surface area contributed by atoms with Gasteiger partial charge >= 0.3 is 0 Å². The Morgan fingerprint density at radius 3 is 2.07 bits per heavy atom. The fourth-order valence-corrected chi connectivity index (χ4v) is 7.62. The van der Waals surface area contributed by atoms with Gasteiger partial charge in [-0.05, 0) is 52.1 Å². The molecule has 2 heteroatoms. The summed E-state index contributed by atoms with van der Waals surface area (Å²) in [4.78, 5) is 0. The Morgan fingerprint density at radius 2 is 1.39 bits per heavy atom. The molecule has 0 bridgehead atoms. The molecule has 3 aromatic carbocycles. The van der Waals surface area contributed by atoms with Crippen LogP contribution in [0.4, 0.5) is 0 Å². The summed E-state index contributed by atoms with van der Waals surface area (Å²) in [7, 11) is -1.86. The van der Waals surface area contributed by atoms with Gasteiger partial charge in [-0.15, -0.1) is 0 Å². The second-order valence-corrected chi connectivity index (χ2v) is 15.3. The van der Waals surface area contributed by atoms with Crippen LogP contribution in [0.3, 0.4) is 0 Å². The minimum Gasteiger partial charge on any atom is -0.167 e. The quantitative estimate of drug-likeness (QED) is 0.308. The standard InChI is InChI=1S/C26H25ClSi/c1-28(2,27)26-23-14-8-13-22(25(23)17-24(26)19-15-16-19)21-12-7-6-11-20(21)18-9-4-3-5-10-18/h3-14,17,19,26H,15-16H2,1-2H3. The van der Waals surface area contributed by atoms with Gasteiger partial charge in [0.1, 0.15) is 0 Å². The number of halogens is 1. The molecule has 0 spiro atoms. The van der Waals surface area contributed by atoms with Crippen molar-refractivity contribution in [2.75, 3.05) is 0 Å².